The zero-order valence-electron chi connectivity index (χ0n) is 12.7. The highest BCUT2D eigenvalue weighted by Gasteiger charge is 2.26. The second-order valence-electron chi connectivity index (χ2n) is 6.08. The van der Waals surface area contributed by atoms with Crippen molar-refractivity contribution < 1.29 is 9.21 Å². The Kier molecular flexibility index (Phi) is 4.67. The van der Waals surface area contributed by atoms with E-state index < -0.39 is 0 Å². The maximum Gasteiger partial charge on any atom is 0.315 e. The summed E-state index contributed by atoms with van der Waals surface area (Å²) in [5, 5.41) is 5.82. The van der Waals surface area contributed by atoms with Gasteiger partial charge < -0.3 is 19.6 Å². The largest absolute Gasteiger partial charge is 0.467 e. The van der Waals surface area contributed by atoms with Crippen molar-refractivity contribution in [1.29, 1.82) is 0 Å². The van der Waals surface area contributed by atoms with E-state index in [1.165, 1.54) is 0 Å². The molecule has 6 nitrogen and oxygen atoms in total. The Morgan fingerprint density at radius 2 is 2.29 bits per heavy atom. The second kappa shape index (κ2) is 6.47. The number of nitrogens with one attached hydrogen (secondary N) is 2. The fourth-order valence-electron chi connectivity index (χ4n) is 1.93. The summed E-state index contributed by atoms with van der Waals surface area (Å²) in [4.78, 5) is 16.1. The third-order valence-electron chi connectivity index (χ3n) is 3.31. The number of imidazole rings is 1. The Labute approximate surface area is 124 Å². The molecule has 0 bridgehead atoms. The van der Waals surface area contributed by atoms with E-state index in [2.05, 4.69) is 36.4 Å². The molecule has 0 fully saturated rings. The summed E-state index contributed by atoms with van der Waals surface area (Å²) in [6.07, 6.45) is 6.96. The van der Waals surface area contributed by atoms with E-state index in [0.29, 0.717) is 13.1 Å². The number of hydrogen-bond acceptors (Lipinski definition) is 3. The minimum absolute atomic E-state index is 0.0108. The van der Waals surface area contributed by atoms with Gasteiger partial charge in [-0.2, -0.15) is 0 Å². The molecule has 1 atom stereocenters. The van der Waals surface area contributed by atoms with E-state index >= 15 is 0 Å². The first kappa shape index (κ1) is 15.2. The molecule has 2 heterocycles. The summed E-state index contributed by atoms with van der Waals surface area (Å²) in [5.41, 5.74) is -0.0632. The van der Waals surface area contributed by atoms with Crippen molar-refractivity contribution >= 4 is 6.03 Å². The van der Waals surface area contributed by atoms with Crippen LogP contribution in [-0.2, 0) is 13.1 Å². The second-order valence-corrected chi connectivity index (χ2v) is 6.08. The lowest BCUT2D eigenvalue weighted by atomic mass is 9.86. The normalized spacial score (nSPS) is 12.9. The quantitative estimate of drug-likeness (QED) is 0.888. The monoisotopic (exact) mass is 290 g/mol. The van der Waals surface area contributed by atoms with Crippen LogP contribution >= 0.6 is 0 Å². The van der Waals surface area contributed by atoms with E-state index in [4.69, 9.17) is 4.42 Å². The van der Waals surface area contributed by atoms with E-state index in [9.17, 15) is 4.79 Å². The lowest BCUT2D eigenvalue weighted by molar-refractivity contribution is 0.208. The van der Waals surface area contributed by atoms with Crippen LogP contribution in [0.1, 0.15) is 26.5 Å². The van der Waals surface area contributed by atoms with E-state index in [1.54, 1.807) is 24.9 Å². The lowest BCUT2D eigenvalue weighted by Crippen LogP contribution is -2.49. The van der Waals surface area contributed by atoms with Crippen molar-refractivity contribution in [3.05, 3.63) is 42.9 Å². The van der Waals surface area contributed by atoms with Crippen molar-refractivity contribution in [2.45, 2.75) is 39.9 Å². The Morgan fingerprint density at radius 1 is 1.48 bits per heavy atom. The molecule has 0 aliphatic heterocycles. The van der Waals surface area contributed by atoms with Gasteiger partial charge in [0.25, 0.3) is 0 Å². The van der Waals surface area contributed by atoms with Gasteiger partial charge in [-0.15, -0.1) is 0 Å². The van der Waals surface area contributed by atoms with Crippen LogP contribution in [0.3, 0.4) is 0 Å². The standard InChI is InChI=1S/C15H22N4O2/c1-15(2,3)13(10-19-7-6-16-11-19)18-14(20)17-9-12-5-4-8-21-12/h4-8,11,13H,9-10H2,1-3H3,(H2,17,18,20)/t13-/m0/s1. The summed E-state index contributed by atoms with van der Waals surface area (Å²) in [6, 6.07) is 3.41. The Balaban J connectivity index is 1.90. The predicted octanol–water partition coefficient (Wildman–Crippen LogP) is 2.39. The third kappa shape index (κ3) is 4.66. The molecule has 0 saturated heterocycles. The van der Waals surface area contributed by atoms with E-state index in [0.717, 1.165) is 5.76 Å². The van der Waals surface area contributed by atoms with Gasteiger partial charge in [0, 0.05) is 18.9 Å². The van der Waals surface area contributed by atoms with E-state index in [1.807, 2.05) is 16.8 Å². The molecule has 0 unspecified atom stereocenters. The number of carbonyl (C=O) groups excluding carboxylic acids is 1. The van der Waals surface area contributed by atoms with Gasteiger partial charge in [0.1, 0.15) is 5.76 Å². The van der Waals surface area contributed by atoms with Crippen LogP contribution in [-0.4, -0.2) is 21.6 Å². The molecule has 0 aliphatic rings. The van der Waals surface area contributed by atoms with Gasteiger partial charge in [-0.05, 0) is 17.5 Å². The first-order chi connectivity index (χ1) is 9.95. The molecule has 2 N–H and O–H groups in total. The van der Waals surface area contributed by atoms with E-state index in [-0.39, 0.29) is 17.5 Å². The SMILES string of the molecule is CC(C)(C)[C@H](Cn1ccnc1)NC(=O)NCc1ccco1. The summed E-state index contributed by atoms with van der Waals surface area (Å²) in [6.45, 7) is 7.35. The molecule has 2 aromatic heterocycles. The van der Waals surface area contributed by atoms with Crippen LogP contribution in [0.4, 0.5) is 4.79 Å². The number of urea groups is 1. The van der Waals surface area contributed by atoms with Gasteiger partial charge in [0.15, 0.2) is 0 Å². The molecule has 6 heteroatoms. The first-order valence-corrected chi connectivity index (χ1v) is 6.97. The van der Waals surface area contributed by atoms with Gasteiger partial charge in [-0.1, -0.05) is 20.8 Å². The fourth-order valence-corrected chi connectivity index (χ4v) is 1.93. The summed E-state index contributed by atoms with van der Waals surface area (Å²) >= 11 is 0. The summed E-state index contributed by atoms with van der Waals surface area (Å²) < 4.78 is 7.15. The number of carbonyl (C=O) groups is 1. The minimum Gasteiger partial charge on any atom is -0.467 e. The van der Waals surface area contributed by atoms with Crippen LogP contribution < -0.4 is 10.6 Å². The highest BCUT2D eigenvalue weighted by Crippen LogP contribution is 2.20. The van der Waals surface area contributed by atoms with Crippen molar-refractivity contribution in [2.24, 2.45) is 5.41 Å². The maximum atomic E-state index is 12.0. The molecular formula is C15H22N4O2. The molecule has 0 aliphatic carbocycles. The average Bonchev–Trinajstić information content (AvgIpc) is 3.07. The highest BCUT2D eigenvalue weighted by molar-refractivity contribution is 5.74. The zero-order valence-corrected chi connectivity index (χ0v) is 12.7. The van der Waals surface area contributed by atoms with Crippen LogP contribution in [0.2, 0.25) is 0 Å². The van der Waals surface area contributed by atoms with Crippen LogP contribution in [0.15, 0.2) is 41.5 Å². The van der Waals surface area contributed by atoms with Crippen molar-refractivity contribution in [3.63, 3.8) is 0 Å². The molecule has 0 aromatic carbocycles. The highest BCUT2D eigenvalue weighted by atomic mass is 16.3. The molecular weight excluding hydrogens is 268 g/mol. The first-order valence-electron chi connectivity index (χ1n) is 6.97. The third-order valence-corrected chi connectivity index (χ3v) is 3.31. The smallest absolute Gasteiger partial charge is 0.315 e. The number of furan rings is 1. The minimum atomic E-state index is -0.202. The summed E-state index contributed by atoms with van der Waals surface area (Å²) in [5.74, 6) is 0.729. The average molecular weight is 290 g/mol. The van der Waals surface area contributed by atoms with Crippen molar-refractivity contribution in [2.75, 3.05) is 0 Å². The Hall–Kier alpha value is -2.24. The summed E-state index contributed by atoms with van der Waals surface area (Å²) in [7, 11) is 0. The molecule has 2 rings (SSSR count). The van der Waals surface area contributed by atoms with Gasteiger partial charge in [0.05, 0.1) is 25.2 Å². The molecule has 114 valence electrons. The topological polar surface area (TPSA) is 72.1 Å². The molecule has 0 radical (unpaired) electrons. The molecule has 2 amide bonds. The number of amides is 2. The fraction of sp³-hybridized carbons (Fsp3) is 0.467. The molecule has 0 spiro atoms. The number of nitrogens with zero attached hydrogens (tertiary/aromatic N) is 2. The van der Waals surface area contributed by atoms with Crippen LogP contribution in [0.5, 0.6) is 0 Å². The van der Waals surface area contributed by atoms with Gasteiger partial charge in [-0.25, -0.2) is 9.78 Å². The van der Waals surface area contributed by atoms with Crippen LogP contribution in [0, 0.1) is 5.41 Å². The molecule has 21 heavy (non-hydrogen) atoms. The maximum absolute atomic E-state index is 12.0. The van der Waals surface area contributed by atoms with Gasteiger partial charge in [-0.3, -0.25) is 0 Å². The van der Waals surface area contributed by atoms with Crippen LogP contribution in [0.25, 0.3) is 0 Å². The van der Waals surface area contributed by atoms with Gasteiger partial charge in [0.2, 0.25) is 0 Å². The predicted molar refractivity (Wildman–Crippen MR) is 79.5 cm³/mol. The van der Waals surface area contributed by atoms with Crippen molar-refractivity contribution in [1.82, 2.24) is 20.2 Å². The number of aromatic nitrogens is 2. The zero-order chi connectivity index (χ0) is 15.3. The molecule has 2 aromatic rings. The number of hydrogen-bond donors (Lipinski definition) is 2. The lowest BCUT2D eigenvalue weighted by Gasteiger charge is -2.31. The van der Waals surface area contributed by atoms with Gasteiger partial charge >= 0.3 is 6.03 Å². The molecule has 0 saturated carbocycles. The number of rotatable bonds is 5. The Bertz CT molecular complexity index is 541. The Morgan fingerprint density at radius 3 is 2.86 bits per heavy atom. The van der Waals surface area contributed by atoms with Crippen molar-refractivity contribution in [3.8, 4) is 0 Å².